The molecule has 4 heterocycles. The lowest BCUT2D eigenvalue weighted by atomic mass is 10.0. The number of rotatable bonds is 3. The van der Waals surface area contributed by atoms with E-state index >= 15 is 0 Å². The molecule has 0 aromatic carbocycles. The van der Waals surface area contributed by atoms with Crippen LogP contribution < -0.4 is 5.56 Å². The fourth-order valence-corrected chi connectivity index (χ4v) is 3.29. The van der Waals surface area contributed by atoms with E-state index in [1.807, 2.05) is 21.9 Å². The first-order valence-corrected chi connectivity index (χ1v) is 8.81. The molecule has 0 atom stereocenters. The van der Waals surface area contributed by atoms with Crippen molar-refractivity contribution in [3.05, 3.63) is 47.0 Å². The molecule has 0 N–H and O–H groups in total. The molecular weight excluding hydrogens is 334 g/mol. The number of aromatic nitrogens is 3. The summed E-state index contributed by atoms with van der Waals surface area (Å²) in [6, 6.07) is 7.06. The fraction of sp³-hybridized carbons (Fsp3) is 0.444. The molecule has 8 nitrogen and oxygen atoms in total. The molecule has 8 heteroatoms. The van der Waals surface area contributed by atoms with Crippen LogP contribution in [-0.4, -0.2) is 70.0 Å². The largest absolute Gasteiger partial charge is 0.378 e. The van der Waals surface area contributed by atoms with Crippen molar-refractivity contribution >= 4 is 6.03 Å². The Labute approximate surface area is 151 Å². The van der Waals surface area contributed by atoms with Gasteiger partial charge >= 0.3 is 6.03 Å². The zero-order valence-corrected chi connectivity index (χ0v) is 14.5. The van der Waals surface area contributed by atoms with Gasteiger partial charge in [0, 0.05) is 56.1 Å². The average Bonchev–Trinajstić information content (AvgIpc) is 2.66. The van der Waals surface area contributed by atoms with E-state index in [4.69, 9.17) is 4.74 Å². The van der Waals surface area contributed by atoms with Crippen LogP contribution in [0.4, 0.5) is 4.79 Å². The summed E-state index contributed by atoms with van der Waals surface area (Å²) in [7, 11) is 0. The van der Waals surface area contributed by atoms with Gasteiger partial charge in [-0.05, 0) is 18.2 Å². The number of carbonyl (C=O) groups excluding carboxylic acids is 1. The van der Waals surface area contributed by atoms with Crippen LogP contribution in [0.3, 0.4) is 0 Å². The fourth-order valence-electron chi connectivity index (χ4n) is 3.29. The van der Waals surface area contributed by atoms with Gasteiger partial charge in [0.15, 0.2) is 0 Å². The van der Waals surface area contributed by atoms with Crippen LogP contribution in [0.15, 0.2) is 41.5 Å². The Hall–Kier alpha value is -2.74. The maximum Gasteiger partial charge on any atom is 0.320 e. The lowest BCUT2D eigenvalue weighted by Crippen LogP contribution is -2.57. The highest BCUT2D eigenvalue weighted by atomic mass is 16.5. The summed E-state index contributed by atoms with van der Waals surface area (Å²) in [5, 5.41) is 4.46. The van der Waals surface area contributed by atoms with Crippen LogP contribution in [0.1, 0.15) is 0 Å². The molecule has 0 aliphatic carbocycles. The zero-order valence-electron chi connectivity index (χ0n) is 14.5. The van der Waals surface area contributed by atoms with E-state index in [-0.39, 0.29) is 17.5 Å². The topological polar surface area (TPSA) is 80.6 Å². The molecule has 0 unspecified atom stereocenters. The molecule has 2 aromatic heterocycles. The summed E-state index contributed by atoms with van der Waals surface area (Å²) in [5.41, 5.74) is 1.47. The molecule has 2 aliphatic heterocycles. The van der Waals surface area contributed by atoms with E-state index in [0.29, 0.717) is 45.9 Å². The van der Waals surface area contributed by atoms with Crippen molar-refractivity contribution in [3.8, 4) is 11.3 Å². The molecule has 136 valence electrons. The number of likely N-dealkylation sites (tertiary alicyclic amines) is 1. The van der Waals surface area contributed by atoms with Crippen molar-refractivity contribution in [2.45, 2.75) is 6.54 Å². The Kier molecular flexibility index (Phi) is 4.66. The summed E-state index contributed by atoms with van der Waals surface area (Å²) in [5.74, 6) is 0.245. The Morgan fingerprint density at radius 3 is 2.69 bits per heavy atom. The minimum atomic E-state index is -0.129. The molecule has 26 heavy (non-hydrogen) atoms. The number of pyridine rings is 1. The Morgan fingerprint density at radius 2 is 1.96 bits per heavy atom. The predicted molar refractivity (Wildman–Crippen MR) is 94.6 cm³/mol. The van der Waals surface area contributed by atoms with Crippen molar-refractivity contribution in [1.82, 2.24) is 24.6 Å². The molecule has 2 fully saturated rings. The number of urea groups is 1. The summed E-state index contributed by atoms with van der Waals surface area (Å²) >= 11 is 0. The van der Waals surface area contributed by atoms with E-state index < -0.39 is 0 Å². The Balaban J connectivity index is 1.38. The van der Waals surface area contributed by atoms with Gasteiger partial charge in [-0.2, -0.15) is 5.10 Å². The second-order valence-corrected chi connectivity index (χ2v) is 6.63. The molecule has 0 bridgehead atoms. The normalized spacial score (nSPS) is 17.8. The predicted octanol–water partition coefficient (Wildman–Crippen LogP) is 0.689. The van der Waals surface area contributed by atoms with Crippen LogP contribution in [0.2, 0.25) is 0 Å². The summed E-state index contributed by atoms with van der Waals surface area (Å²) in [6.07, 6.45) is 3.43. The van der Waals surface area contributed by atoms with Crippen LogP contribution in [0.5, 0.6) is 0 Å². The maximum atomic E-state index is 12.4. The highest BCUT2D eigenvalue weighted by Crippen LogP contribution is 2.20. The lowest BCUT2D eigenvalue weighted by Gasteiger charge is -2.42. The average molecular weight is 355 g/mol. The van der Waals surface area contributed by atoms with Gasteiger partial charge in [0.05, 0.1) is 25.5 Å². The van der Waals surface area contributed by atoms with Gasteiger partial charge in [0.2, 0.25) is 0 Å². The van der Waals surface area contributed by atoms with Gasteiger partial charge in [-0.15, -0.1) is 0 Å². The zero-order chi connectivity index (χ0) is 17.9. The number of ether oxygens (including phenoxy) is 1. The highest BCUT2D eigenvalue weighted by molar-refractivity contribution is 5.75. The van der Waals surface area contributed by atoms with E-state index in [2.05, 4.69) is 10.1 Å². The number of morpholine rings is 1. The third-order valence-corrected chi connectivity index (χ3v) is 4.76. The first-order valence-electron chi connectivity index (χ1n) is 8.81. The van der Waals surface area contributed by atoms with Crippen LogP contribution in [0.25, 0.3) is 11.3 Å². The Bertz CT molecular complexity index is 826. The third-order valence-electron chi connectivity index (χ3n) is 4.76. The van der Waals surface area contributed by atoms with Crippen molar-refractivity contribution in [1.29, 1.82) is 0 Å². The summed E-state index contributed by atoms with van der Waals surface area (Å²) in [4.78, 5) is 32.3. The summed E-state index contributed by atoms with van der Waals surface area (Å²) < 4.78 is 6.77. The lowest BCUT2D eigenvalue weighted by molar-refractivity contribution is 0.0263. The number of hydrogen-bond donors (Lipinski definition) is 0. The second-order valence-electron chi connectivity index (χ2n) is 6.63. The van der Waals surface area contributed by atoms with Gasteiger partial charge in [-0.25, -0.2) is 9.48 Å². The van der Waals surface area contributed by atoms with Crippen molar-refractivity contribution in [2.24, 2.45) is 5.92 Å². The van der Waals surface area contributed by atoms with Crippen LogP contribution in [0, 0.1) is 5.92 Å². The third kappa shape index (κ3) is 3.45. The van der Waals surface area contributed by atoms with Crippen LogP contribution in [-0.2, 0) is 11.3 Å². The smallest absolute Gasteiger partial charge is 0.320 e. The molecule has 2 amide bonds. The molecule has 0 radical (unpaired) electrons. The second kappa shape index (κ2) is 7.25. The minimum Gasteiger partial charge on any atom is -0.378 e. The first kappa shape index (κ1) is 16.7. The van der Waals surface area contributed by atoms with E-state index in [9.17, 15) is 9.59 Å². The first-order chi connectivity index (χ1) is 12.7. The van der Waals surface area contributed by atoms with E-state index in [0.717, 1.165) is 11.3 Å². The van der Waals surface area contributed by atoms with Gasteiger partial charge in [0.1, 0.15) is 0 Å². The highest BCUT2D eigenvalue weighted by Gasteiger charge is 2.34. The number of hydrogen-bond acceptors (Lipinski definition) is 5. The SMILES string of the molecule is O=C(N1CCOCC1)N1CC(Cn2nc(-c3cccnc3)ccc2=O)C1. The van der Waals surface area contributed by atoms with Crippen molar-refractivity contribution in [2.75, 3.05) is 39.4 Å². The van der Waals surface area contributed by atoms with Crippen LogP contribution >= 0.6 is 0 Å². The molecule has 4 rings (SSSR count). The van der Waals surface area contributed by atoms with Crippen molar-refractivity contribution < 1.29 is 9.53 Å². The minimum absolute atomic E-state index is 0.0639. The monoisotopic (exact) mass is 355 g/mol. The maximum absolute atomic E-state index is 12.4. The van der Waals surface area contributed by atoms with Gasteiger partial charge in [-0.3, -0.25) is 9.78 Å². The number of amides is 2. The van der Waals surface area contributed by atoms with Gasteiger partial charge in [0.25, 0.3) is 5.56 Å². The quantitative estimate of drug-likeness (QED) is 0.809. The molecule has 0 spiro atoms. The standard InChI is InChI=1S/C18H21N5O3/c24-17-4-3-16(15-2-1-5-19-10-15)20-23(17)13-14-11-22(12-14)18(25)21-6-8-26-9-7-21/h1-5,10,14H,6-9,11-13H2. The number of carbonyl (C=O) groups is 1. The molecule has 0 saturated carbocycles. The summed E-state index contributed by atoms with van der Waals surface area (Å²) in [6.45, 7) is 4.32. The molecular formula is C18H21N5O3. The van der Waals surface area contributed by atoms with Gasteiger partial charge < -0.3 is 14.5 Å². The Morgan fingerprint density at radius 1 is 1.15 bits per heavy atom. The van der Waals surface area contributed by atoms with E-state index in [1.54, 1.807) is 18.5 Å². The molecule has 2 aromatic rings. The molecule has 2 aliphatic rings. The molecule has 2 saturated heterocycles. The number of nitrogens with zero attached hydrogens (tertiary/aromatic N) is 5. The van der Waals surface area contributed by atoms with Gasteiger partial charge in [-0.1, -0.05) is 0 Å². The van der Waals surface area contributed by atoms with Crippen molar-refractivity contribution in [3.63, 3.8) is 0 Å². The van der Waals surface area contributed by atoms with E-state index in [1.165, 1.54) is 10.7 Å².